The van der Waals surface area contributed by atoms with Crippen LogP contribution < -0.4 is 5.73 Å². The van der Waals surface area contributed by atoms with Gasteiger partial charge in [0.1, 0.15) is 11.4 Å². The topological polar surface area (TPSA) is 117 Å². The van der Waals surface area contributed by atoms with Crippen LogP contribution in [0.15, 0.2) is 23.2 Å². The van der Waals surface area contributed by atoms with E-state index >= 15 is 0 Å². The van der Waals surface area contributed by atoms with Gasteiger partial charge in [0.2, 0.25) is 0 Å². The number of hydrogen-bond donors (Lipinski definition) is 1. The quantitative estimate of drug-likeness (QED) is 0.610. The Kier molecular flexibility index (Phi) is 5.48. The van der Waals surface area contributed by atoms with Crippen molar-refractivity contribution in [1.29, 1.82) is 0 Å². The van der Waals surface area contributed by atoms with Crippen molar-refractivity contribution in [3.05, 3.63) is 39.7 Å². The molecule has 142 valence electrons. The van der Waals surface area contributed by atoms with Crippen molar-refractivity contribution in [2.45, 2.75) is 51.2 Å². The van der Waals surface area contributed by atoms with Gasteiger partial charge >= 0.3 is 6.09 Å². The van der Waals surface area contributed by atoms with E-state index < -0.39 is 28.0 Å². The number of nitro benzene ring substituents is 1. The zero-order valence-corrected chi connectivity index (χ0v) is 15.0. The highest BCUT2D eigenvalue weighted by atomic mass is 19.1. The lowest BCUT2D eigenvalue weighted by molar-refractivity contribution is -0.385. The molecule has 0 bridgehead atoms. The lowest BCUT2D eigenvalue weighted by atomic mass is 9.83. The van der Waals surface area contributed by atoms with E-state index in [9.17, 15) is 19.3 Å². The molecule has 0 saturated heterocycles. The molecule has 0 fully saturated rings. The molecular formula is C17H22FN3O5. The van der Waals surface area contributed by atoms with Gasteiger partial charge in [0.15, 0.2) is 5.90 Å². The first-order valence-corrected chi connectivity index (χ1v) is 8.23. The summed E-state index contributed by atoms with van der Waals surface area (Å²) in [6.45, 7) is 5.40. The fourth-order valence-corrected chi connectivity index (χ4v) is 3.05. The molecule has 1 amide bonds. The van der Waals surface area contributed by atoms with Crippen molar-refractivity contribution < 1.29 is 23.6 Å². The summed E-state index contributed by atoms with van der Waals surface area (Å²) in [4.78, 5) is 26.1. The van der Waals surface area contributed by atoms with Gasteiger partial charge in [-0.05, 0) is 26.3 Å². The first-order valence-electron chi connectivity index (χ1n) is 8.23. The Bertz CT molecular complexity index is 750. The van der Waals surface area contributed by atoms with E-state index in [1.807, 2.05) is 6.92 Å². The molecule has 1 aliphatic rings. The smallest absolute Gasteiger partial charge is 0.405 e. The van der Waals surface area contributed by atoms with Crippen molar-refractivity contribution >= 4 is 17.7 Å². The SMILES string of the molecule is CC[C@@]1(c2cc([N+](=O)[O-])ccc2F)CCOC(CC(C)(C)OC(N)=O)=N1. The zero-order chi connectivity index (χ0) is 19.5. The van der Waals surface area contributed by atoms with Crippen molar-refractivity contribution in [3.63, 3.8) is 0 Å². The number of nitrogens with zero attached hydrogens (tertiary/aromatic N) is 2. The summed E-state index contributed by atoms with van der Waals surface area (Å²) < 4.78 is 25.1. The van der Waals surface area contributed by atoms with Crippen LogP contribution in [0.1, 0.15) is 45.6 Å². The van der Waals surface area contributed by atoms with Crippen molar-refractivity contribution in [3.8, 4) is 0 Å². The molecule has 1 aliphatic heterocycles. The molecule has 0 spiro atoms. The Labute approximate surface area is 150 Å². The summed E-state index contributed by atoms with van der Waals surface area (Å²) in [5.41, 5.74) is 3.09. The molecule has 0 radical (unpaired) electrons. The maximum absolute atomic E-state index is 14.5. The van der Waals surface area contributed by atoms with Gasteiger partial charge in [-0.15, -0.1) is 0 Å². The minimum absolute atomic E-state index is 0.147. The van der Waals surface area contributed by atoms with Crippen LogP contribution in [0.3, 0.4) is 0 Å². The zero-order valence-electron chi connectivity index (χ0n) is 15.0. The molecule has 2 N–H and O–H groups in total. The average Bonchev–Trinajstić information content (AvgIpc) is 2.53. The van der Waals surface area contributed by atoms with E-state index in [4.69, 9.17) is 15.2 Å². The molecule has 1 aromatic rings. The highest BCUT2D eigenvalue weighted by Gasteiger charge is 2.38. The maximum Gasteiger partial charge on any atom is 0.405 e. The first kappa shape index (κ1) is 19.6. The lowest BCUT2D eigenvalue weighted by Crippen LogP contribution is -2.38. The second kappa shape index (κ2) is 7.27. The number of benzene rings is 1. The van der Waals surface area contributed by atoms with E-state index in [0.717, 1.165) is 12.1 Å². The summed E-state index contributed by atoms with van der Waals surface area (Å²) >= 11 is 0. The number of carbonyl (C=O) groups excluding carboxylic acids is 1. The molecule has 1 aromatic carbocycles. The summed E-state index contributed by atoms with van der Waals surface area (Å²) in [6.07, 6.45) is 0.0313. The minimum Gasteiger partial charge on any atom is -0.481 e. The van der Waals surface area contributed by atoms with Crippen LogP contribution >= 0.6 is 0 Å². The van der Waals surface area contributed by atoms with E-state index in [1.165, 1.54) is 6.07 Å². The molecule has 1 atom stereocenters. The Morgan fingerprint density at radius 2 is 2.23 bits per heavy atom. The first-order chi connectivity index (χ1) is 12.1. The van der Waals surface area contributed by atoms with Gasteiger partial charge in [-0.25, -0.2) is 14.2 Å². The predicted octanol–water partition coefficient (Wildman–Crippen LogP) is 3.42. The number of hydrogen-bond acceptors (Lipinski definition) is 6. The summed E-state index contributed by atoms with van der Waals surface area (Å²) in [7, 11) is 0. The number of aliphatic imine (C=N–C) groups is 1. The second-order valence-electron chi connectivity index (χ2n) is 6.77. The van der Waals surface area contributed by atoms with Crippen LogP contribution in [0.5, 0.6) is 0 Å². The van der Waals surface area contributed by atoms with Crippen molar-refractivity contribution in [1.82, 2.24) is 0 Å². The number of nitrogens with two attached hydrogens (primary N) is 1. The predicted molar refractivity (Wildman–Crippen MR) is 92.4 cm³/mol. The number of halogens is 1. The lowest BCUT2D eigenvalue weighted by Gasteiger charge is -2.35. The van der Waals surface area contributed by atoms with Gasteiger partial charge in [-0.2, -0.15) is 0 Å². The number of amides is 1. The molecule has 9 heteroatoms. The third-order valence-electron chi connectivity index (χ3n) is 4.32. The van der Waals surface area contributed by atoms with Crippen LogP contribution in [0.2, 0.25) is 0 Å². The number of primary amides is 1. The molecule has 0 aliphatic carbocycles. The summed E-state index contributed by atoms with van der Waals surface area (Å²) in [5.74, 6) is -0.273. The maximum atomic E-state index is 14.5. The molecule has 1 heterocycles. The Balaban J connectivity index is 2.43. The van der Waals surface area contributed by atoms with Gasteiger partial charge in [0.05, 0.1) is 23.5 Å². The number of carbonyl (C=O) groups is 1. The monoisotopic (exact) mass is 367 g/mol. The fraction of sp³-hybridized carbons (Fsp3) is 0.529. The Morgan fingerprint density at radius 1 is 1.54 bits per heavy atom. The molecule has 8 nitrogen and oxygen atoms in total. The van der Waals surface area contributed by atoms with Crippen LogP contribution in [0, 0.1) is 15.9 Å². The average molecular weight is 367 g/mol. The number of nitro groups is 1. The Morgan fingerprint density at radius 3 is 2.81 bits per heavy atom. The van der Waals surface area contributed by atoms with Crippen LogP contribution in [-0.4, -0.2) is 29.1 Å². The van der Waals surface area contributed by atoms with Crippen molar-refractivity contribution in [2.75, 3.05) is 6.61 Å². The van der Waals surface area contributed by atoms with Gasteiger partial charge in [-0.1, -0.05) is 6.92 Å². The highest BCUT2D eigenvalue weighted by molar-refractivity contribution is 5.79. The van der Waals surface area contributed by atoms with Crippen LogP contribution in [0.4, 0.5) is 14.9 Å². The minimum atomic E-state index is -0.980. The van der Waals surface area contributed by atoms with Gasteiger partial charge in [0.25, 0.3) is 5.69 Å². The van der Waals surface area contributed by atoms with Crippen molar-refractivity contribution in [2.24, 2.45) is 10.7 Å². The van der Waals surface area contributed by atoms with E-state index in [0.29, 0.717) is 12.8 Å². The summed E-state index contributed by atoms with van der Waals surface area (Å²) in [6, 6.07) is 3.42. The molecular weight excluding hydrogens is 345 g/mol. The number of ether oxygens (including phenoxy) is 2. The normalized spacial score (nSPS) is 20.1. The molecule has 0 unspecified atom stereocenters. The van der Waals surface area contributed by atoms with E-state index in [-0.39, 0.29) is 30.2 Å². The number of rotatable bonds is 6. The van der Waals surface area contributed by atoms with E-state index in [1.54, 1.807) is 13.8 Å². The standard InChI is InChI=1S/C17H22FN3O5/c1-4-17(12-9-11(21(23)24)5-6-13(12)18)7-8-25-14(20-17)10-16(2,3)26-15(19)22/h5-6,9H,4,7-8,10H2,1-3H3,(H2,19,22)/t17-/m0/s1. The second-order valence-corrected chi connectivity index (χ2v) is 6.77. The van der Waals surface area contributed by atoms with Crippen LogP contribution in [-0.2, 0) is 15.0 Å². The van der Waals surface area contributed by atoms with Gasteiger partial charge < -0.3 is 15.2 Å². The van der Waals surface area contributed by atoms with Crippen LogP contribution in [0.25, 0.3) is 0 Å². The largest absolute Gasteiger partial charge is 0.481 e. The molecule has 2 rings (SSSR count). The summed E-state index contributed by atoms with van der Waals surface area (Å²) in [5, 5.41) is 11.1. The molecule has 26 heavy (non-hydrogen) atoms. The molecule has 0 aromatic heterocycles. The van der Waals surface area contributed by atoms with Gasteiger partial charge in [-0.3, -0.25) is 10.1 Å². The number of non-ortho nitro benzene ring substituents is 1. The van der Waals surface area contributed by atoms with Gasteiger partial charge in [0, 0.05) is 24.1 Å². The Hall–Kier alpha value is -2.71. The molecule has 0 saturated carbocycles. The van der Waals surface area contributed by atoms with E-state index in [2.05, 4.69) is 4.99 Å². The highest BCUT2D eigenvalue weighted by Crippen LogP contribution is 2.39. The third kappa shape index (κ3) is 4.27. The fourth-order valence-electron chi connectivity index (χ4n) is 3.05. The third-order valence-corrected chi connectivity index (χ3v) is 4.32.